The van der Waals surface area contributed by atoms with Gasteiger partial charge in [0, 0.05) is 0 Å². The van der Waals surface area contributed by atoms with Gasteiger partial charge in [-0.15, -0.1) is 0 Å². The zero-order valence-corrected chi connectivity index (χ0v) is 18.7. The average molecular weight is 488 g/mol. The molecule has 2 heterocycles. The quantitative estimate of drug-likeness (QED) is 0.658. The van der Waals surface area contributed by atoms with Gasteiger partial charge < -0.3 is 9.64 Å². The van der Waals surface area contributed by atoms with E-state index in [2.05, 4.69) is 5.10 Å². The number of anilines is 1. The molecule has 0 atom stereocenters. The Bertz CT molecular complexity index is 1120. The van der Waals surface area contributed by atoms with Crippen LogP contribution in [-0.2, 0) is 10.0 Å². The number of rotatable bonds is 6. The predicted octanol–water partition coefficient (Wildman–Crippen LogP) is 1.15. The second kappa shape index (κ2) is 9.34. The van der Waals surface area contributed by atoms with Gasteiger partial charge in [0.2, 0.25) is 5.75 Å². The summed E-state index contributed by atoms with van der Waals surface area (Å²) in [6.45, 7) is 0.236. The molecule has 1 aliphatic heterocycles. The summed E-state index contributed by atoms with van der Waals surface area (Å²) in [6.07, 6.45) is 0.321. The van der Waals surface area contributed by atoms with E-state index in [9.17, 15) is 26.4 Å². The Morgan fingerprint density at radius 1 is 1.09 bits per heavy atom. The number of nitrogens with one attached hydrogen (secondary N) is 1. The molecule has 0 amide bonds. The number of benzene rings is 1. The van der Waals surface area contributed by atoms with Gasteiger partial charge in [-0.25, -0.2) is 4.31 Å². The molecule has 0 spiro atoms. The first kappa shape index (κ1) is 23.6. The van der Waals surface area contributed by atoms with Gasteiger partial charge in [-0.05, 0) is 37.8 Å². The molecule has 1 aliphatic carbocycles. The van der Waals surface area contributed by atoms with Gasteiger partial charge in [0.05, 0.1) is 31.1 Å². The average Bonchev–Trinajstić information content (AvgIpc) is 3.27. The summed E-state index contributed by atoms with van der Waals surface area (Å²) in [5.41, 5.74) is 0.592. The van der Waals surface area contributed by atoms with Gasteiger partial charge >= 0.3 is 21.8 Å². The first-order valence-electron chi connectivity index (χ1n) is 10.9. The van der Waals surface area contributed by atoms with Gasteiger partial charge in [-0.2, -0.15) is 31.4 Å². The molecule has 33 heavy (non-hydrogen) atoms. The second-order valence-electron chi connectivity index (χ2n) is 8.34. The van der Waals surface area contributed by atoms with Crippen molar-refractivity contribution < 1.29 is 30.6 Å². The van der Waals surface area contributed by atoms with Gasteiger partial charge in [0.25, 0.3) is 0 Å². The third kappa shape index (κ3) is 5.49. The van der Waals surface area contributed by atoms with E-state index >= 15 is 0 Å². The first-order chi connectivity index (χ1) is 15.6. The summed E-state index contributed by atoms with van der Waals surface area (Å²) in [5.74, 6) is -1.71. The SMILES string of the molecule is O=c1c(OC2CCCC2)c(N2CC[NH+](S(=O)(=O)CC(F)(F)F)CC2)cnn1-c1ccccc1. The number of halogens is 3. The molecule has 2 aliphatic rings. The Morgan fingerprint density at radius 3 is 2.33 bits per heavy atom. The monoisotopic (exact) mass is 487 g/mol. The molecule has 180 valence electrons. The topological polar surface area (TPSA) is 85.9 Å². The van der Waals surface area contributed by atoms with Crippen LogP contribution in [0.15, 0.2) is 41.3 Å². The number of ether oxygens (including phenoxy) is 1. The molecular weight excluding hydrogens is 461 g/mol. The fraction of sp³-hybridized carbons (Fsp3) is 0.524. The Balaban J connectivity index is 1.60. The Hall–Kier alpha value is -2.60. The fourth-order valence-electron chi connectivity index (χ4n) is 4.32. The van der Waals surface area contributed by atoms with E-state index in [0.717, 1.165) is 25.7 Å². The molecule has 0 bridgehead atoms. The lowest BCUT2D eigenvalue weighted by Crippen LogP contribution is -3.17. The van der Waals surface area contributed by atoms with Crippen LogP contribution in [0.5, 0.6) is 5.75 Å². The summed E-state index contributed by atoms with van der Waals surface area (Å²) in [4.78, 5) is 15.1. The lowest BCUT2D eigenvalue weighted by molar-refractivity contribution is -0.768. The second-order valence-corrected chi connectivity index (χ2v) is 10.4. The van der Waals surface area contributed by atoms with Crippen molar-refractivity contribution in [1.82, 2.24) is 9.78 Å². The Labute approximate surface area is 189 Å². The van der Waals surface area contributed by atoms with Crippen LogP contribution in [0, 0.1) is 0 Å². The summed E-state index contributed by atoms with van der Waals surface area (Å²) in [6, 6.07) is 8.91. The van der Waals surface area contributed by atoms with E-state index in [4.69, 9.17) is 4.74 Å². The number of piperazine rings is 1. The van der Waals surface area contributed by atoms with Crippen LogP contribution < -0.4 is 19.5 Å². The van der Waals surface area contributed by atoms with Crippen molar-refractivity contribution in [2.24, 2.45) is 0 Å². The molecule has 0 unspecified atom stereocenters. The highest BCUT2D eigenvalue weighted by Gasteiger charge is 2.42. The summed E-state index contributed by atoms with van der Waals surface area (Å²) in [5, 5.41) is 4.28. The Morgan fingerprint density at radius 2 is 1.73 bits per heavy atom. The predicted molar refractivity (Wildman–Crippen MR) is 115 cm³/mol. The molecule has 1 aromatic carbocycles. The standard InChI is InChI=1S/C21H25F3N4O4S/c22-21(23,24)15-33(30,31)27-12-10-26(11-13-27)18-14-25-28(16-6-2-1-3-7-16)20(29)19(18)32-17-8-4-5-9-17/h1-3,6-7,14,17H,4-5,8-13,15H2/p+1. The summed E-state index contributed by atoms with van der Waals surface area (Å²) >= 11 is 0. The lowest BCUT2D eigenvalue weighted by atomic mass is 10.2. The molecule has 1 saturated heterocycles. The van der Waals surface area contributed by atoms with Crippen molar-refractivity contribution in [1.29, 1.82) is 0 Å². The molecule has 1 aromatic heterocycles. The minimum absolute atomic E-state index is 0.0386. The number of aromatic nitrogens is 2. The number of quaternary nitrogens is 1. The van der Waals surface area contributed by atoms with Crippen LogP contribution >= 0.6 is 0 Å². The minimum Gasteiger partial charge on any atom is -0.483 e. The van der Waals surface area contributed by atoms with Crippen LogP contribution in [-0.4, -0.2) is 62.4 Å². The molecule has 0 radical (unpaired) electrons. The molecular formula is C21H26F3N4O4S+. The maximum Gasteiger partial charge on any atom is 0.408 e. The highest BCUT2D eigenvalue weighted by molar-refractivity contribution is 7.85. The number of hydrogen-bond donors (Lipinski definition) is 1. The maximum absolute atomic E-state index is 13.3. The summed E-state index contributed by atoms with van der Waals surface area (Å²) in [7, 11) is -4.37. The van der Waals surface area contributed by atoms with E-state index in [1.807, 2.05) is 6.07 Å². The van der Waals surface area contributed by atoms with Gasteiger partial charge in [-0.3, -0.25) is 4.79 Å². The molecule has 1 saturated carbocycles. The minimum atomic E-state index is -4.78. The first-order valence-corrected chi connectivity index (χ1v) is 12.5. The van der Waals surface area contributed by atoms with Crippen molar-refractivity contribution in [2.75, 3.05) is 36.8 Å². The number of sulfonamides is 1. The zero-order chi connectivity index (χ0) is 23.6. The molecule has 8 nitrogen and oxygen atoms in total. The van der Waals surface area contributed by atoms with Gasteiger partial charge in [0.15, 0.2) is 5.75 Å². The van der Waals surface area contributed by atoms with Crippen LogP contribution in [0.1, 0.15) is 25.7 Å². The largest absolute Gasteiger partial charge is 0.483 e. The molecule has 1 N–H and O–H groups in total. The molecule has 2 fully saturated rings. The maximum atomic E-state index is 13.3. The zero-order valence-electron chi connectivity index (χ0n) is 17.9. The highest BCUT2D eigenvalue weighted by atomic mass is 32.2. The van der Waals surface area contributed by atoms with E-state index in [1.54, 1.807) is 29.2 Å². The third-order valence-corrected chi connectivity index (χ3v) is 7.95. The van der Waals surface area contributed by atoms with Crippen LogP contribution in [0.3, 0.4) is 0 Å². The van der Waals surface area contributed by atoms with E-state index in [1.165, 1.54) is 10.9 Å². The van der Waals surface area contributed by atoms with Crippen molar-refractivity contribution in [2.45, 2.75) is 38.0 Å². The van der Waals surface area contributed by atoms with Crippen molar-refractivity contribution >= 4 is 15.7 Å². The smallest absolute Gasteiger partial charge is 0.408 e. The van der Waals surface area contributed by atoms with E-state index in [0.29, 0.717) is 11.4 Å². The molecule has 2 aromatic rings. The lowest BCUT2D eigenvalue weighted by Gasteiger charge is -2.33. The number of alkyl halides is 3. The number of hydrogen-bond acceptors (Lipinski definition) is 6. The molecule has 4 rings (SSSR count). The number of nitrogens with zero attached hydrogens (tertiary/aromatic N) is 3. The fourth-order valence-corrected chi connectivity index (χ4v) is 5.76. The van der Waals surface area contributed by atoms with Crippen molar-refractivity contribution in [3.8, 4) is 11.4 Å². The normalized spacial score (nSPS) is 18.6. The van der Waals surface area contributed by atoms with E-state index < -0.39 is 27.5 Å². The van der Waals surface area contributed by atoms with Gasteiger partial charge in [0.1, 0.15) is 18.8 Å². The highest BCUT2D eigenvalue weighted by Crippen LogP contribution is 2.29. The molecule has 12 heteroatoms. The van der Waals surface area contributed by atoms with E-state index in [-0.39, 0.29) is 42.3 Å². The number of para-hydroxylation sites is 1. The Kier molecular flexibility index (Phi) is 6.66. The third-order valence-electron chi connectivity index (χ3n) is 5.96. The van der Waals surface area contributed by atoms with Gasteiger partial charge in [-0.1, -0.05) is 18.2 Å². The van der Waals surface area contributed by atoms with Crippen LogP contribution in [0.25, 0.3) is 5.69 Å². The van der Waals surface area contributed by atoms with Crippen LogP contribution in [0.2, 0.25) is 0 Å². The van der Waals surface area contributed by atoms with Crippen molar-refractivity contribution in [3.63, 3.8) is 0 Å². The summed E-state index contributed by atoms with van der Waals surface area (Å²) < 4.78 is 69.5. The van der Waals surface area contributed by atoms with Crippen LogP contribution in [0.4, 0.5) is 18.9 Å². The van der Waals surface area contributed by atoms with Crippen molar-refractivity contribution in [3.05, 3.63) is 46.9 Å².